The molecule has 5 heteroatoms. The number of fused-ring (bicyclic) bond motifs is 2. The van der Waals surface area contributed by atoms with Gasteiger partial charge in [-0.15, -0.1) is 0 Å². The van der Waals surface area contributed by atoms with Crippen molar-refractivity contribution in [3.8, 4) is 0 Å². The first-order valence-electron chi connectivity index (χ1n) is 7.15. The van der Waals surface area contributed by atoms with Crippen LogP contribution in [0.3, 0.4) is 0 Å². The van der Waals surface area contributed by atoms with Crippen molar-refractivity contribution in [1.29, 1.82) is 0 Å². The summed E-state index contributed by atoms with van der Waals surface area (Å²) in [5.74, 6) is -0.176. The fraction of sp³-hybridized carbons (Fsp3) is 0.312. The van der Waals surface area contributed by atoms with E-state index in [1.807, 2.05) is 12.1 Å². The summed E-state index contributed by atoms with van der Waals surface area (Å²) < 4.78 is 0. The van der Waals surface area contributed by atoms with Gasteiger partial charge in [-0.3, -0.25) is 0 Å². The SMILES string of the molecule is O=C(O)c1nc(C2Cc3ccccc32)nc2c1CCNC2. The summed E-state index contributed by atoms with van der Waals surface area (Å²) in [7, 11) is 0. The van der Waals surface area contributed by atoms with Crippen LogP contribution in [-0.2, 0) is 19.4 Å². The monoisotopic (exact) mass is 281 g/mol. The Morgan fingerprint density at radius 1 is 1.29 bits per heavy atom. The number of aromatic carboxylic acids is 1. The number of nitrogens with zero attached hydrogens (tertiary/aromatic N) is 2. The molecule has 1 aliphatic carbocycles. The second-order valence-electron chi connectivity index (χ2n) is 5.54. The molecule has 0 fully saturated rings. The van der Waals surface area contributed by atoms with Crippen LogP contribution in [0.5, 0.6) is 0 Å². The molecule has 1 unspecified atom stereocenters. The molecule has 1 aromatic carbocycles. The first-order chi connectivity index (χ1) is 10.2. The fourth-order valence-electron chi connectivity index (χ4n) is 3.20. The summed E-state index contributed by atoms with van der Waals surface area (Å²) in [6.07, 6.45) is 1.57. The zero-order valence-corrected chi connectivity index (χ0v) is 11.5. The molecule has 5 nitrogen and oxygen atoms in total. The van der Waals surface area contributed by atoms with E-state index in [9.17, 15) is 9.90 Å². The minimum atomic E-state index is -0.954. The Morgan fingerprint density at radius 3 is 2.95 bits per heavy atom. The molecular formula is C16H15N3O2. The number of rotatable bonds is 2. The summed E-state index contributed by atoms with van der Waals surface area (Å²) in [6.45, 7) is 1.40. The van der Waals surface area contributed by atoms with Crippen LogP contribution in [0.15, 0.2) is 24.3 Å². The Labute approximate surface area is 122 Å². The van der Waals surface area contributed by atoms with Crippen LogP contribution in [0, 0.1) is 0 Å². The molecule has 2 heterocycles. The molecule has 106 valence electrons. The summed E-state index contributed by atoms with van der Waals surface area (Å²) in [4.78, 5) is 20.5. The van der Waals surface area contributed by atoms with Gasteiger partial charge in [-0.2, -0.15) is 0 Å². The molecule has 0 saturated carbocycles. The van der Waals surface area contributed by atoms with Crippen LogP contribution in [-0.4, -0.2) is 27.6 Å². The fourth-order valence-corrected chi connectivity index (χ4v) is 3.20. The molecule has 2 aliphatic rings. The van der Waals surface area contributed by atoms with Crippen LogP contribution >= 0.6 is 0 Å². The van der Waals surface area contributed by atoms with Crippen molar-refractivity contribution in [3.05, 3.63) is 58.2 Å². The van der Waals surface area contributed by atoms with Gasteiger partial charge < -0.3 is 10.4 Å². The number of benzene rings is 1. The lowest BCUT2D eigenvalue weighted by Gasteiger charge is -2.30. The zero-order valence-electron chi connectivity index (χ0n) is 11.5. The highest BCUT2D eigenvalue weighted by Crippen LogP contribution is 2.38. The molecule has 4 rings (SSSR count). The van der Waals surface area contributed by atoms with E-state index in [0.717, 1.165) is 24.2 Å². The maximum absolute atomic E-state index is 11.5. The molecule has 0 spiro atoms. The Morgan fingerprint density at radius 2 is 2.14 bits per heavy atom. The zero-order chi connectivity index (χ0) is 14.4. The van der Waals surface area contributed by atoms with E-state index in [0.29, 0.717) is 18.8 Å². The van der Waals surface area contributed by atoms with Crippen molar-refractivity contribution in [3.63, 3.8) is 0 Å². The highest BCUT2D eigenvalue weighted by molar-refractivity contribution is 5.87. The number of carboxylic acids is 1. The number of carbonyl (C=O) groups is 1. The average Bonchev–Trinajstić information content (AvgIpc) is 2.47. The molecule has 1 atom stereocenters. The summed E-state index contributed by atoms with van der Waals surface area (Å²) >= 11 is 0. The third kappa shape index (κ3) is 1.93. The van der Waals surface area contributed by atoms with Gasteiger partial charge in [0.05, 0.1) is 5.69 Å². The average molecular weight is 281 g/mol. The molecule has 2 N–H and O–H groups in total. The number of hydrogen-bond acceptors (Lipinski definition) is 4. The number of hydrogen-bond donors (Lipinski definition) is 2. The predicted molar refractivity (Wildman–Crippen MR) is 76.4 cm³/mol. The summed E-state index contributed by atoms with van der Waals surface area (Å²) in [6, 6.07) is 8.20. The van der Waals surface area contributed by atoms with E-state index in [2.05, 4.69) is 27.4 Å². The van der Waals surface area contributed by atoms with Crippen LogP contribution in [0.2, 0.25) is 0 Å². The molecule has 21 heavy (non-hydrogen) atoms. The van der Waals surface area contributed by atoms with Crippen LogP contribution in [0.25, 0.3) is 0 Å². The molecule has 0 bridgehead atoms. The quantitative estimate of drug-likeness (QED) is 0.872. The highest BCUT2D eigenvalue weighted by atomic mass is 16.4. The largest absolute Gasteiger partial charge is 0.477 e. The van der Waals surface area contributed by atoms with E-state index in [1.165, 1.54) is 11.1 Å². The lowest BCUT2D eigenvalue weighted by molar-refractivity contribution is 0.0688. The minimum Gasteiger partial charge on any atom is -0.477 e. The molecule has 1 aromatic heterocycles. The maximum Gasteiger partial charge on any atom is 0.354 e. The number of nitrogens with one attached hydrogen (secondary N) is 1. The highest BCUT2D eigenvalue weighted by Gasteiger charge is 2.32. The third-order valence-corrected chi connectivity index (χ3v) is 4.32. The van der Waals surface area contributed by atoms with Crippen molar-refractivity contribution in [2.24, 2.45) is 0 Å². The second-order valence-corrected chi connectivity index (χ2v) is 5.54. The second kappa shape index (κ2) is 4.63. The Balaban J connectivity index is 1.81. The van der Waals surface area contributed by atoms with Gasteiger partial charge in [-0.05, 0) is 30.5 Å². The number of aromatic nitrogens is 2. The van der Waals surface area contributed by atoms with E-state index >= 15 is 0 Å². The van der Waals surface area contributed by atoms with Crippen LogP contribution in [0.4, 0.5) is 0 Å². The van der Waals surface area contributed by atoms with Gasteiger partial charge in [0.1, 0.15) is 5.82 Å². The van der Waals surface area contributed by atoms with Gasteiger partial charge in [0.15, 0.2) is 5.69 Å². The van der Waals surface area contributed by atoms with Crippen molar-refractivity contribution >= 4 is 5.97 Å². The van der Waals surface area contributed by atoms with Gasteiger partial charge in [-0.1, -0.05) is 24.3 Å². The maximum atomic E-state index is 11.5. The smallest absolute Gasteiger partial charge is 0.354 e. The van der Waals surface area contributed by atoms with Crippen LogP contribution < -0.4 is 5.32 Å². The number of carboxylic acid groups (broad SMARTS) is 1. The predicted octanol–water partition coefficient (Wildman–Crippen LogP) is 1.51. The van der Waals surface area contributed by atoms with Crippen molar-refractivity contribution in [1.82, 2.24) is 15.3 Å². The van der Waals surface area contributed by atoms with Gasteiger partial charge >= 0.3 is 5.97 Å². The normalized spacial score (nSPS) is 19.3. The van der Waals surface area contributed by atoms with Gasteiger partial charge in [0.25, 0.3) is 0 Å². The lowest BCUT2D eigenvalue weighted by Crippen LogP contribution is -2.30. The molecule has 1 aliphatic heterocycles. The molecular weight excluding hydrogens is 266 g/mol. The van der Waals surface area contributed by atoms with E-state index < -0.39 is 5.97 Å². The van der Waals surface area contributed by atoms with Gasteiger partial charge in [0, 0.05) is 18.0 Å². The Bertz CT molecular complexity index is 742. The minimum absolute atomic E-state index is 0.131. The van der Waals surface area contributed by atoms with Gasteiger partial charge in [0.2, 0.25) is 0 Å². The first kappa shape index (κ1) is 12.5. The van der Waals surface area contributed by atoms with Gasteiger partial charge in [-0.25, -0.2) is 14.8 Å². The standard InChI is InChI=1S/C16H15N3O2/c20-16(21)14-11-5-6-17-8-13(11)18-15(19-14)12-7-9-3-1-2-4-10(9)12/h1-4,12,17H,5-8H2,(H,20,21). The molecule has 0 saturated heterocycles. The van der Waals surface area contributed by atoms with Crippen LogP contribution in [0.1, 0.15) is 44.6 Å². The third-order valence-electron chi connectivity index (χ3n) is 4.32. The van der Waals surface area contributed by atoms with E-state index in [1.54, 1.807) is 0 Å². The van der Waals surface area contributed by atoms with E-state index in [-0.39, 0.29) is 11.6 Å². The summed E-state index contributed by atoms with van der Waals surface area (Å²) in [5.41, 5.74) is 4.34. The topological polar surface area (TPSA) is 75.1 Å². The Kier molecular flexibility index (Phi) is 2.75. The molecule has 2 aromatic rings. The summed E-state index contributed by atoms with van der Waals surface area (Å²) in [5, 5.41) is 12.7. The van der Waals surface area contributed by atoms with Crippen molar-refractivity contribution < 1.29 is 9.90 Å². The first-order valence-corrected chi connectivity index (χ1v) is 7.15. The van der Waals surface area contributed by atoms with Crippen molar-refractivity contribution in [2.75, 3.05) is 6.54 Å². The molecule has 0 radical (unpaired) electrons. The molecule has 0 amide bonds. The van der Waals surface area contributed by atoms with E-state index in [4.69, 9.17) is 0 Å². The lowest BCUT2D eigenvalue weighted by atomic mass is 9.77. The Hall–Kier alpha value is -2.27. The van der Waals surface area contributed by atoms with Crippen molar-refractivity contribution in [2.45, 2.75) is 25.3 Å².